The molecule has 2 rings (SSSR count). The quantitative estimate of drug-likeness (QED) is 0.549. The summed E-state index contributed by atoms with van der Waals surface area (Å²) in [5.41, 5.74) is 0.753. The second-order valence-corrected chi connectivity index (χ2v) is 4.89. The van der Waals surface area contributed by atoms with Crippen molar-refractivity contribution in [2.24, 2.45) is 0 Å². The summed E-state index contributed by atoms with van der Waals surface area (Å²) in [5.74, 6) is 0.642. The third-order valence-corrected chi connectivity index (χ3v) is 3.15. The number of carbonyl (C=O) groups excluding carboxylic acids is 1. The van der Waals surface area contributed by atoms with E-state index in [1.165, 1.54) is 5.06 Å². The molecule has 0 aliphatic rings. The highest BCUT2D eigenvalue weighted by molar-refractivity contribution is 5.91. The van der Waals surface area contributed by atoms with Gasteiger partial charge in [0.25, 0.3) is 5.91 Å². The molecule has 0 radical (unpaired) electrons. The number of unbranched alkanes of at least 4 members (excludes halogenated alkanes) is 2. The zero-order valence-corrected chi connectivity index (χ0v) is 12.4. The molecule has 2 aromatic carbocycles. The van der Waals surface area contributed by atoms with Crippen LogP contribution in [0.1, 0.15) is 32.6 Å². The molecule has 0 spiro atoms. The Morgan fingerprint density at radius 1 is 0.952 bits per heavy atom. The Morgan fingerprint density at radius 2 is 1.57 bits per heavy atom. The maximum absolute atomic E-state index is 12.4. The van der Waals surface area contributed by atoms with E-state index in [0.29, 0.717) is 12.2 Å². The standard InChI is InChI=1S/C18H21NO2/c1-2-3-6-15-18(20)19(16-11-7-4-8-12-16)21-17-13-9-5-10-14-17/h4-5,7-14H,2-3,6,15H2,1H3. The van der Waals surface area contributed by atoms with Crippen molar-refractivity contribution >= 4 is 11.6 Å². The normalized spacial score (nSPS) is 10.1. The van der Waals surface area contributed by atoms with E-state index in [1.54, 1.807) is 0 Å². The second-order valence-electron chi connectivity index (χ2n) is 4.89. The van der Waals surface area contributed by atoms with Crippen molar-refractivity contribution in [1.29, 1.82) is 0 Å². The number of hydrogen-bond donors (Lipinski definition) is 0. The van der Waals surface area contributed by atoms with E-state index in [9.17, 15) is 4.79 Å². The Kier molecular flexibility index (Phi) is 5.83. The number of hydroxylamine groups is 1. The van der Waals surface area contributed by atoms with Crippen LogP contribution in [0.4, 0.5) is 5.69 Å². The molecule has 0 heterocycles. The maximum atomic E-state index is 12.4. The van der Waals surface area contributed by atoms with E-state index in [1.807, 2.05) is 60.7 Å². The molecule has 0 fully saturated rings. The number of carbonyl (C=O) groups is 1. The first-order valence-corrected chi connectivity index (χ1v) is 7.42. The van der Waals surface area contributed by atoms with Crippen LogP contribution in [0.5, 0.6) is 5.75 Å². The van der Waals surface area contributed by atoms with Crippen molar-refractivity contribution in [3.05, 3.63) is 60.7 Å². The molecule has 3 heteroatoms. The maximum Gasteiger partial charge on any atom is 0.259 e. The van der Waals surface area contributed by atoms with Gasteiger partial charge in [-0.15, -0.1) is 5.06 Å². The highest BCUT2D eigenvalue weighted by Crippen LogP contribution is 2.19. The summed E-state index contributed by atoms with van der Waals surface area (Å²) in [5, 5.41) is 1.39. The minimum atomic E-state index is -0.0153. The summed E-state index contributed by atoms with van der Waals surface area (Å²) < 4.78 is 0. The van der Waals surface area contributed by atoms with Crippen molar-refractivity contribution in [3.8, 4) is 5.75 Å². The van der Waals surface area contributed by atoms with Gasteiger partial charge in [0.15, 0.2) is 5.75 Å². The Labute approximate surface area is 126 Å². The van der Waals surface area contributed by atoms with Gasteiger partial charge in [0, 0.05) is 6.42 Å². The molecular weight excluding hydrogens is 262 g/mol. The molecule has 21 heavy (non-hydrogen) atoms. The lowest BCUT2D eigenvalue weighted by Gasteiger charge is -2.22. The largest absolute Gasteiger partial charge is 0.372 e. The Balaban J connectivity index is 2.12. The van der Waals surface area contributed by atoms with E-state index >= 15 is 0 Å². The lowest BCUT2D eigenvalue weighted by atomic mass is 10.2. The van der Waals surface area contributed by atoms with E-state index < -0.39 is 0 Å². The van der Waals surface area contributed by atoms with Crippen molar-refractivity contribution in [1.82, 2.24) is 0 Å². The van der Waals surface area contributed by atoms with E-state index in [-0.39, 0.29) is 5.91 Å². The van der Waals surface area contributed by atoms with Crippen molar-refractivity contribution in [3.63, 3.8) is 0 Å². The molecule has 0 unspecified atom stereocenters. The molecule has 0 aliphatic heterocycles. The summed E-state index contributed by atoms with van der Waals surface area (Å²) >= 11 is 0. The topological polar surface area (TPSA) is 29.5 Å². The van der Waals surface area contributed by atoms with E-state index in [4.69, 9.17) is 4.84 Å². The zero-order valence-electron chi connectivity index (χ0n) is 12.4. The molecule has 110 valence electrons. The van der Waals surface area contributed by atoms with Crippen molar-refractivity contribution < 1.29 is 9.63 Å². The monoisotopic (exact) mass is 283 g/mol. The summed E-state index contributed by atoms with van der Waals surface area (Å²) in [4.78, 5) is 18.2. The Bertz CT molecular complexity index is 540. The van der Waals surface area contributed by atoms with Gasteiger partial charge in [0.05, 0.1) is 5.69 Å². The molecule has 0 aromatic heterocycles. The van der Waals surface area contributed by atoms with Crippen LogP contribution in [-0.4, -0.2) is 5.91 Å². The van der Waals surface area contributed by atoms with Crippen LogP contribution >= 0.6 is 0 Å². The zero-order chi connectivity index (χ0) is 14.9. The van der Waals surface area contributed by atoms with E-state index in [2.05, 4.69) is 6.92 Å². The van der Waals surface area contributed by atoms with Gasteiger partial charge in [0.2, 0.25) is 0 Å². The average Bonchev–Trinajstić information content (AvgIpc) is 2.54. The number of anilines is 1. The van der Waals surface area contributed by atoms with Crippen LogP contribution in [0.2, 0.25) is 0 Å². The van der Waals surface area contributed by atoms with Gasteiger partial charge in [-0.25, -0.2) is 0 Å². The number of rotatable bonds is 7. The number of nitrogens with zero attached hydrogens (tertiary/aromatic N) is 1. The number of amides is 1. The first-order valence-electron chi connectivity index (χ1n) is 7.42. The first kappa shape index (κ1) is 15.1. The van der Waals surface area contributed by atoms with Gasteiger partial charge in [-0.2, -0.15) is 0 Å². The molecule has 0 saturated heterocycles. The Hall–Kier alpha value is -2.29. The SMILES string of the molecule is CCCCCC(=O)N(Oc1ccccc1)c1ccccc1. The highest BCUT2D eigenvalue weighted by Gasteiger charge is 2.17. The molecule has 0 N–H and O–H groups in total. The van der Waals surface area contributed by atoms with Crippen LogP contribution in [0, 0.1) is 0 Å². The number of hydrogen-bond acceptors (Lipinski definition) is 2. The summed E-state index contributed by atoms with van der Waals surface area (Å²) in [6.45, 7) is 2.12. The van der Waals surface area contributed by atoms with Gasteiger partial charge in [0.1, 0.15) is 0 Å². The molecule has 1 amide bonds. The summed E-state index contributed by atoms with van der Waals surface area (Å²) in [7, 11) is 0. The molecule has 0 bridgehead atoms. The lowest BCUT2D eigenvalue weighted by Crippen LogP contribution is -2.34. The van der Waals surface area contributed by atoms with Crippen molar-refractivity contribution in [2.75, 3.05) is 5.06 Å². The molecule has 0 saturated carbocycles. The number of para-hydroxylation sites is 2. The average molecular weight is 283 g/mol. The lowest BCUT2D eigenvalue weighted by molar-refractivity contribution is -0.122. The molecule has 0 aliphatic carbocycles. The summed E-state index contributed by atoms with van der Waals surface area (Å²) in [6, 6.07) is 18.9. The smallest absolute Gasteiger partial charge is 0.259 e. The van der Waals surface area contributed by atoms with Gasteiger partial charge in [-0.3, -0.25) is 4.79 Å². The highest BCUT2D eigenvalue weighted by atomic mass is 16.7. The predicted octanol–water partition coefficient (Wildman–Crippen LogP) is 4.59. The van der Waals surface area contributed by atoms with Gasteiger partial charge >= 0.3 is 0 Å². The van der Waals surface area contributed by atoms with E-state index in [0.717, 1.165) is 24.9 Å². The van der Waals surface area contributed by atoms with Crippen LogP contribution in [0.3, 0.4) is 0 Å². The third-order valence-electron chi connectivity index (χ3n) is 3.15. The predicted molar refractivity (Wildman–Crippen MR) is 85.1 cm³/mol. The van der Waals surface area contributed by atoms with Crippen LogP contribution in [0.25, 0.3) is 0 Å². The first-order chi connectivity index (χ1) is 10.3. The fourth-order valence-electron chi connectivity index (χ4n) is 2.03. The minimum Gasteiger partial charge on any atom is -0.372 e. The van der Waals surface area contributed by atoms with Gasteiger partial charge in [-0.1, -0.05) is 56.2 Å². The van der Waals surface area contributed by atoms with Crippen LogP contribution in [-0.2, 0) is 4.79 Å². The minimum absolute atomic E-state index is 0.0153. The fourth-order valence-corrected chi connectivity index (χ4v) is 2.03. The number of benzene rings is 2. The molecule has 2 aromatic rings. The van der Waals surface area contributed by atoms with Gasteiger partial charge < -0.3 is 4.84 Å². The Morgan fingerprint density at radius 3 is 2.19 bits per heavy atom. The summed E-state index contributed by atoms with van der Waals surface area (Å²) in [6.07, 6.45) is 3.53. The molecule has 0 atom stereocenters. The molecular formula is C18H21NO2. The van der Waals surface area contributed by atoms with Crippen molar-refractivity contribution in [2.45, 2.75) is 32.6 Å². The van der Waals surface area contributed by atoms with Gasteiger partial charge in [-0.05, 0) is 30.7 Å². The molecule has 3 nitrogen and oxygen atoms in total. The third kappa shape index (κ3) is 4.63. The van der Waals surface area contributed by atoms with Crippen LogP contribution in [0.15, 0.2) is 60.7 Å². The second kappa shape index (κ2) is 8.10. The fraction of sp³-hybridized carbons (Fsp3) is 0.278. The van der Waals surface area contributed by atoms with Crippen LogP contribution < -0.4 is 9.90 Å².